The highest BCUT2D eigenvalue weighted by Gasteiger charge is 1.97. The van der Waals surface area contributed by atoms with Gasteiger partial charge in [-0.25, -0.2) is 0 Å². The van der Waals surface area contributed by atoms with Crippen molar-refractivity contribution in [1.82, 2.24) is 0 Å². The molecule has 8 heteroatoms. The molecule has 0 N–H and O–H groups in total. The monoisotopic (exact) mass is 324 g/mol. The zero-order valence-electron chi connectivity index (χ0n) is 10.4. The topological polar surface area (TPSA) is 97.3 Å². The third-order valence-corrected chi connectivity index (χ3v) is 5.31. The Hall–Kier alpha value is -0.470. The van der Waals surface area contributed by atoms with Crippen LogP contribution in [-0.4, -0.2) is 33.4 Å². The summed E-state index contributed by atoms with van der Waals surface area (Å²) in [5, 5.41) is 22.1. The van der Waals surface area contributed by atoms with Gasteiger partial charge in [-0.05, 0) is 31.1 Å². The lowest BCUT2D eigenvalue weighted by Crippen LogP contribution is -2.22. The molecular formula is C11H16O5S3-2. The molecule has 0 saturated carbocycles. The first kappa shape index (κ1) is 18.5. The van der Waals surface area contributed by atoms with E-state index in [0.717, 1.165) is 5.75 Å². The highest BCUT2D eigenvalue weighted by atomic mass is 33.1. The van der Waals surface area contributed by atoms with E-state index in [1.165, 1.54) is 21.6 Å². The Balaban J connectivity index is 3.39. The Morgan fingerprint density at radius 2 is 1.74 bits per heavy atom. The summed E-state index contributed by atoms with van der Waals surface area (Å²) in [4.78, 5) is 20.3. The largest absolute Gasteiger partial charge is 0.550 e. The summed E-state index contributed by atoms with van der Waals surface area (Å²) < 4.78 is 11.4. The van der Waals surface area contributed by atoms with Gasteiger partial charge in [0.15, 0.2) is 0 Å². The fourth-order valence-electron chi connectivity index (χ4n) is 1.01. The van der Waals surface area contributed by atoms with Crippen molar-refractivity contribution >= 4 is 44.3 Å². The first-order chi connectivity index (χ1) is 9.02. The van der Waals surface area contributed by atoms with Crippen molar-refractivity contribution in [3.63, 3.8) is 0 Å². The van der Waals surface area contributed by atoms with Crippen LogP contribution in [0.25, 0.3) is 0 Å². The average molecular weight is 324 g/mol. The number of hydrogen-bond acceptors (Lipinski definition) is 7. The summed E-state index contributed by atoms with van der Waals surface area (Å²) in [5.74, 6) is -0.664. The van der Waals surface area contributed by atoms with Crippen LogP contribution >= 0.6 is 21.6 Å². The van der Waals surface area contributed by atoms with Crippen molar-refractivity contribution in [1.29, 1.82) is 0 Å². The molecule has 0 fully saturated rings. The molecule has 5 nitrogen and oxygen atoms in total. The molecule has 0 spiro atoms. The number of carbonyl (C=O) groups excluding carboxylic acids is 2. The van der Waals surface area contributed by atoms with Crippen molar-refractivity contribution in [3.05, 3.63) is 11.5 Å². The fraction of sp³-hybridized carbons (Fsp3) is 0.636. The quantitative estimate of drug-likeness (QED) is 0.359. The van der Waals surface area contributed by atoms with Gasteiger partial charge in [0.1, 0.15) is 0 Å². The Kier molecular flexibility index (Phi) is 12.2. The molecule has 0 heterocycles. The molecule has 0 bridgehead atoms. The standard InChI is InChI=1S/C11H18O5S3/c12-10(13)4-1-6-17-18-7-3-9-19(16)8-2-5-11(14)15/h3,7H,1-2,4-6,8-9H2,(H,12,13)(H,14,15)/p-2/b7-3+. The Labute approximate surface area is 123 Å². The third-order valence-electron chi connectivity index (χ3n) is 1.86. The molecule has 0 aromatic rings. The van der Waals surface area contributed by atoms with Crippen LogP contribution < -0.4 is 10.2 Å². The van der Waals surface area contributed by atoms with Gasteiger partial charge in [-0.3, -0.25) is 4.21 Å². The lowest BCUT2D eigenvalue weighted by Gasteiger charge is -2.01. The molecule has 0 rings (SSSR count). The molecule has 0 aromatic heterocycles. The number of hydrogen-bond donors (Lipinski definition) is 0. The van der Waals surface area contributed by atoms with E-state index in [1.54, 1.807) is 11.5 Å². The molecule has 110 valence electrons. The minimum absolute atomic E-state index is 0.0571. The van der Waals surface area contributed by atoms with Gasteiger partial charge < -0.3 is 19.8 Å². The van der Waals surface area contributed by atoms with Crippen LogP contribution in [0.3, 0.4) is 0 Å². The maximum absolute atomic E-state index is 11.4. The van der Waals surface area contributed by atoms with Crippen LogP contribution in [0.5, 0.6) is 0 Å². The summed E-state index contributed by atoms with van der Waals surface area (Å²) in [6.45, 7) is 0. The molecule has 0 amide bonds. The fourth-order valence-corrected chi connectivity index (χ4v) is 3.80. The first-order valence-electron chi connectivity index (χ1n) is 5.70. The number of aliphatic carboxylic acids is 2. The highest BCUT2D eigenvalue weighted by Crippen LogP contribution is 2.23. The molecule has 1 unspecified atom stereocenters. The molecule has 0 aromatic carbocycles. The predicted molar refractivity (Wildman–Crippen MR) is 75.5 cm³/mol. The minimum Gasteiger partial charge on any atom is -0.550 e. The van der Waals surface area contributed by atoms with Crippen LogP contribution in [0.15, 0.2) is 11.5 Å². The lowest BCUT2D eigenvalue weighted by atomic mass is 10.3. The van der Waals surface area contributed by atoms with Crippen molar-refractivity contribution in [2.24, 2.45) is 0 Å². The van der Waals surface area contributed by atoms with Crippen LogP contribution in [0.2, 0.25) is 0 Å². The molecule has 19 heavy (non-hydrogen) atoms. The van der Waals surface area contributed by atoms with Crippen LogP contribution in [-0.2, 0) is 20.4 Å². The van der Waals surface area contributed by atoms with E-state index in [9.17, 15) is 24.0 Å². The van der Waals surface area contributed by atoms with E-state index in [1.807, 2.05) is 0 Å². The zero-order chi connectivity index (χ0) is 14.5. The average Bonchev–Trinajstić information content (AvgIpc) is 2.31. The number of carbonyl (C=O) groups is 2. The normalized spacial score (nSPS) is 12.6. The number of rotatable bonds is 12. The minimum atomic E-state index is -1.11. The van der Waals surface area contributed by atoms with E-state index in [2.05, 4.69) is 0 Å². The maximum Gasteiger partial charge on any atom is 0.0423 e. The van der Waals surface area contributed by atoms with Crippen molar-refractivity contribution in [2.75, 3.05) is 17.3 Å². The Bertz CT molecular complexity index is 330. The summed E-state index contributed by atoms with van der Waals surface area (Å²) >= 11 is 0. The molecule has 1 atom stereocenters. The molecule has 0 aliphatic carbocycles. The highest BCUT2D eigenvalue weighted by molar-refractivity contribution is 8.77. The van der Waals surface area contributed by atoms with E-state index in [-0.39, 0.29) is 12.8 Å². The van der Waals surface area contributed by atoms with E-state index in [4.69, 9.17) is 0 Å². The summed E-state index contributed by atoms with van der Waals surface area (Å²) in [7, 11) is 1.94. The second kappa shape index (κ2) is 12.6. The predicted octanol–water partition coefficient (Wildman–Crippen LogP) is -0.310. The second-order valence-corrected chi connectivity index (χ2v) is 7.57. The number of carboxylic acid groups (broad SMARTS) is 2. The maximum atomic E-state index is 11.4. The van der Waals surface area contributed by atoms with E-state index in [0.29, 0.717) is 24.3 Å². The van der Waals surface area contributed by atoms with Crippen LogP contribution in [0.1, 0.15) is 25.7 Å². The van der Waals surface area contributed by atoms with Gasteiger partial charge >= 0.3 is 0 Å². The van der Waals surface area contributed by atoms with Gasteiger partial charge in [0.2, 0.25) is 0 Å². The van der Waals surface area contributed by atoms with Crippen molar-refractivity contribution in [3.8, 4) is 0 Å². The first-order valence-corrected chi connectivity index (χ1v) is 9.57. The lowest BCUT2D eigenvalue weighted by molar-refractivity contribution is -0.307. The second-order valence-electron chi connectivity index (χ2n) is 3.55. The smallest absolute Gasteiger partial charge is 0.0423 e. The molecular weight excluding hydrogens is 308 g/mol. The van der Waals surface area contributed by atoms with Crippen LogP contribution in [0.4, 0.5) is 0 Å². The van der Waals surface area contributed by atoms with Gasteiger partial charge in [0.25, 0.3) is 0 Å². The third kappa shape index (κ3) is 15.5. The van der Waals surface area contributed by atoms with Gasteiger partial charge in [-0.1, -0.05) is 27.7 Å². The summed E-state index contributed by atoms with van der Waals surface area (Å²) in [5.41, 5.74) is 0. The van der Waals surface area contributed by atoms with Gasteiger partial charge in [0, 0.05) is 40.0 Å². The van der Waals surface area contributed by atoms with Gasteiger partial charge in [0.05, 0.1) is 0 Å². The number of carboxylic acids is 2. The SMILES string of the molecule is O=C([O-])CCCSS/C=C/CS(=O)CCCC(=O)[O-]. The summed E-state index contributed by atoms with van der Waals surface area (Å²) in [6, 6.07) is 0. The zero-order valence-corrected chi connectivity index (χ0v) is 12.8. The van der Waals surface area contributed by atoms with Crippen molar-refractivity contribution in [2.45, 2.75) is 25.7 Å². The summed E-state index contributed by atoms with van der Waals surface area (Å²) in [6.07, 6.45) is 2.72. The molecule has 0 radical (unpaired) electrons. The molecule has 0 aliphatic heterocycles. The molecule has 0 aliphatic rings. The Morgan fingerprint density at radius 1 is 1.11 bits per heavy atom. The van der Waals surface area contributed by atoms with Gasteiger partial charge in [-0.15, -0.1) is 0 Å². The van der Waals surface area contributed by atoms with E-state index < -0.39 is 22.7 Å². The molecule has 0 saturated heterocycles. The van der Waals surface area contributed by atoms with E-state index >= 15 is 0 Å². The Morgan fingerprint density at radius 3 is 2.37 bits per heavy atom. The van der Waals surface area contributed by atoms with Gasteiger partial charge in [-0.2, -0.15) is 0 Å². The van der Waals surface area contributed by atoms with Crippen molar-refractivity contribution < 1.29 is 24.0 Å². The van der Waals surface area contributed by atoms with Crippen LogP contribution in [0, 0.1) is 0 Å².